The van der Waals surface area contributed by atoms with Gasteiger partial charge in [0.15, 0.2) is 17.8 Å². The van der Waals surface area contributed by atoms with Crippen LogP contribution in [0, 0.1) is 5.92 Å². The van der Waals surface area contributed by atoms with E-state index in [4.69, 9.17) is 4.52 Å². The van der Waals surface area contributed by atoms with Gasteiger partial charge in [0.25, 0.3) is 0 Å². The summed E-state index contributed by atoms with van der Waals surface area (Å²) in [6, 6.07) is 10.6. The molecule has 0 atom stereocenters. The van der Waals surface area contributed by atoms with Gasteiger partial charge in [-0.3, -0.25) is 9.59 Å². The number of nitrogens with zero attached hydrogens (tertiary/aromatic N) is 3. The second-order valence-electron chi connectivity index (χ2n) is 8.50. The predicted octanol–water partition coefficient (Wildman–Crippen LogP) is 4.40. The monoisotopic (exact) mass is 502 g/mol. The van der Waals surface area contributed by atoms with Crippen LogP contribution in [0.4, 0.5) is 35.2 Å². The number of hydrogen-bond acceptors (Lipinski definition) is 5. The Bertz CT molecular complexity index is 1190. The van der Waals surface area contributed by atoms with Crippen molar-refractivity contribution in [1.29, 1.82) is 0 Å². The zero-order valence-corrected chi connectivity index (χ0v) is 19.2. The maximum absolute atomic E-state index is 13.4. The van der Waals surface area contributed by atoms with Gasteiger partial charge in [-0.05, 0) is 55.4 Å². The number of hydrogen-bond donors (Lipinski definition) is 3. The molecule has 9 nitrogen and oxygen atoms in total. The predicted molar refractivity (Wildman–Crippen MR) is 125 cm³/mol. The van der Waals surface area contributed by atoms with E-state index in [0.29, 0.717) is 18.0 Å². The van der Waals surface area contributed by atoms with Gasteiger partial charge < -0.3 is 25.8 Å². The third kappa shape index (κ3) is 7.28. The summed E-state index contributed by atoms with van der Waals surface area (Å²) in [5, 5.41) is 15.6. The minimum atomic E-state index is -4.69. The van der Waals surface area contributed by atoms with Crippen molar-refractivity contribution in [3.63, 3.8) is 0 Å². The Kier molecular flexibility index (Phi) is 7.84. The summed E-state index contributed by atoms with van der Waals surface area (Å²) in [6.07, 6.45) is -1.26. The van der Waals surface area contributed by atoms with Crippen LogP contribution in [0.3, 0.4) is 0 Å². The Morgan fingerprint density at radius 3 is 2.47 bits per heavy atom. The van der Waals surface area contributed by atoms with Crippen molar-refractivity contribution in [1.82, 2.24) is 10.6 Å². The highest BCUT2D eigenvalue weighted by atomic mass is 19.4. The molecule has 4 rings (SSSR count). The lowest BCUT2D eigenvalue weighted by Crippen LogP contribution is -2.42. The first-order chi connectivity index (χ1) is 17.2. The van der Waals surface area contributed by atoms with Crippen LogP contribution in [-0.2, 0) is 23.9 Å². The molecule has 12 heteroatoms. The van der Waals surface area contributed by atoms with Crippen LogP contribution in [0.1, 0.15) is 24.0 Å². The number of urea groups is 1. The molecule has 1 saturated heterocycles. The maximum atomic E-state index is 13.4. The first-order valence-electron chi connectivity index (χ1n) is 11.4. The minimum absolute atomic E-state index is 0.0169. The number of piperidine rings is 1. The van der Waals surface area contributed by atoms with Crippen LogP contribution in [0.15, 0.2) is 59.3 Å². The van der Waals surface area contributed by atoms with E-state index in [0.717, 1.165) is 38.1 Å². The van der Waals surface area contributed by atoms with Crippen LogP contribution in [0.2, 0.25) is 0 Å². The Hall–Kier alpha value is -3.93. The van der Waals surface area contributed by atoms with Gasteiger partial charge in [0.05, 0.1) is 12.0 Å². The van der Waals surface area contributed by atoms with Crippen molar-refractivity contribution >= 4 is 29.2 Å². The lowest BCUT2D eigenvalue weighted by atomic mass is 9.98. The van der Waals surface area contributed by atoms with Gasteiger partial charge in [0, 0.05) is 11.6 Å². The van der Waals surface area contributed by atoms with E-state index >= 15 is 0 Å². The fourth-order valence-corrected chi connectivity index (χ4v) is 3.91. The van der Waals surface area contributed by atoms with Crippen molar-refractivity contribution < 1.29 is 32.0 Å². The highest BCUT2D eigenvalue weighted by Gasteiger charge is 2.31. The lowest BCUT2D eigenvalue weighted by molar-refractivity contribution is -0.767. The molecule has 0 spiro atoms. The standard InChI is InChI=1S/C24H25F3N6O3/c25-24(26,27)18-11-19(29-21(34)10-16-4-2-1-3-5-16)13-20(12-18)30-23(35)31-22-15-33(32-36-22)14-17-6-8-28-9-7-17/h1-5,11-13,15,17,28H,6-10,14H2,(H2-,29,30,31,32,34,35). The van der Waals surface area contributed by atoms with E-state index in [9.17, 15) is 22.8 Å². The summed E-state index contributed by atoms with van der Waals surface area (Å²) in [5.74, 6) is -0.157. The average molecular weight is 502 g/mol. The van der Waals surface area contributed by atoms with E-state index in [2.05, 4.69) is 26.5 Å². The topological polar surface area (TPSA) is 114 Å². The van der Waals surface area contributed by atoms with Crippen molar-refractivity contribution in [2.24, 2.45) is 5.92 Å². The van der Waals surface area contributed by atoms with E-state index in [1.165, 1.54) is 12.3 Å². The molecule has 3 aromatic rings. The number of alkyl halides is 3. The molecular weight excluding hydrogens is 477 g/mol. The van der Waals surface area contributed by atoms with Crippen LogP contribution >= 0.6 is 0 Å². The third-order valence-electron chi connectivity index (χ3n) is 5.62. The van der Waals surface area contributed by atoms with Crippen molar-refractivity contribution in [3.8, 4) is 0 Å². The molecule has 0 bridgehead atoms. The van der Waals surface area contributed by atoms with Crippen LogP contribution < -0.4 is 20.6 Å². The van der Waals surface area contributed by atoms with E-state index in [-0.39, 0.29) is 23.7 Å². The Morgan fingerprint density at radius 2 is 1.78 bits per heavy atom. The second kappa shape index (κ2) is 11.2. The number of nitrogens with one attached hydrogen (secondary N) is 3. The van der Waals surface area contributed by atoms with Gasteiger partial charge in [0.2, 0.25) is 18.0 Å². The highest BCUT2D eigenvalue weighted by molar-refractivity contribution is 6.04. The zero-order valence-electron chi connectivity index (χ0n) is 19.2. The SMILES string of the molecule is O=C(Cc1ccccc1)Nc1cc(NC(=O)[N-]c2c[n+](CC3CCNCC3)no2)cc(C(F)(F)F)c1. The maximum Gasteiger partial charge on any atom is 0.416 e. The average Bonchev–Trinajstić information content (AvgIpc) is 3.26. The fraction of sp³-hybridized carbons (Fsp3) is 0.333. The third-order valence-corrected chi connectivity index (χ3v) is 5.62. The smallest absolute Gasteiger partial charge is 0.416 e. The molecule has 2 aromatic carbocycles. The molecule has 2 heterocycles. The lowest BCUT2D eigenvalue weighted by Gasteiger charge is -2.18. The number of aromatic nitrogens is 2. The summed E-state index contributed by atoms with van der Waals surface area (Å²) in [4.78, 5) is 24.7. The van der Waals surface area contributed by atoms with Gasteiger partial charge in [-0.2, -0.15) is 13.2 Å². The summed E-state index contributed by atoms with van der Waals surface area (Å²) < 4.78 is 46.9. The quantitative estimate of drug-likeness (QED) is 0.415. The first-order valence-corrected chi connectivity index (χ1v) is 11.4. The molecule has 0 radical (unpaired) electrons. The zero-order chi connectivity index (χ0) is 25.5. The fourth-order valence-electron chi connectivity index (χ4n) is 3.91. The summed E-state index contributed by atoms with van der Waals surface area (Å²) in [6.45, 7) is 2.46. The molecule has 1 fully saturated rings. The van der Waals surface area contributed by atoms with Crippen molar-refractivity contribution in [3.05, 3.63) is 71.2 Å². The first kappa shape index (κ1) is 25.2. The van der Waals surface area contributed by atoms with Gasteiger partial charge in [-0.25, -0.2) is 0 Å². The highest BCUT2D eigenvalue weighted by Crippen LogP contribution is 2.34. The number of rotatable bonds is 7. The van der Waals surface area contributed by atoms with E-state index in [1.807, 2.05) is 0 Å². The van der Waals surface area contributed by atoms with E-state index in [1.54, 1.807) is 35.0 Å². The summed E-state index contributed by atoms with van der Waals surface area (Å²) >= 11 is 0. The van der Waals surface area contributed by atoms with Crippen LogP contribution in [-0.4, -0.2) is 30.3 Å². The number of carbonyl (C=O) groups is 2. The normalized spacial score (nSPS) is 14.3. The molecule has 3 amide bonds. The van der Waals surface area contributed by atoms with Crippen molar-refractivity contribution in [2.45, 2.75) is 32.0 Å². The van der Waals surface area contributed by atoms with Gasteiger partial charge in [-0.1, -0.05) is 35.0 Å². The molecule has 3 N–H and O–H groups in total. The number of benzene rings is 2. The molecule has 190 valence electrons. The molecule has 36 heavy (non-hydrogen) atoms. The van der Waals surface area contributed by atoms with E-state index < -0.39 is 23.7 Å². The molecule has 1 aliphatic heterocycles. The van der Waals surface area contributed by atoms with Gasteiger partial charge in [0.1, 0.15) is 0 Å². The van der Waals surface area contributed by atoms with Crippen LogP contribution in [0.25, 0.3) is 5.32 Å². The molecule has 1 aliphatic rings. The largest absolute Gasteiger partial charge is 0.424 e. The van der Waals surface area contributed by atoms with Gasteiger partial charge in [-0.15, -0.1) is 0 Å². The molecule has 0 aliphatic carbocycles. The number of carbonyl (C=O) groups excluding carboxylic acids is 2. The molecule has 0 unspecified atom stereocenters. The summed E-state index contributed by atoms with van der Waals surface area (Å²) in [5.41, 5.74) is -0.621. The number of halogens is 3. The van der Waals surface area contributed by atoms with Crippen molar-refractivity contribution in [2.75, 3.05) is 23.7 Å². The Labute approximate surface area is 205 Å². The second-order valence-corrected chi connectivity index (χ2v) is 8.50. The van der Waals surface area contributed by atoms with Gasteiger partial charge >= 0.3 is 6.18 Å². The summed E-state index contributed by atoms with van der Waals surface area (Å²) in [7, 11) is 0. The number of amides is 3. The Morgan fingerprint density at radius 1 is 1.08 bits per heavy atom. The number of anilines is 2. The van der Waals surface area contributed by atoms with Crippen LogP contribution in [0.5, 0.6) is 0 Å². The molecule has 0 saturated carbocycles. The molecular formula is C24H25F3N6O3. The minimum Gasteiger partial charge on any atom is -0.424 e. The molecule has 1 aromatic heterocycles. The Balaban J connectivity index is 1.40.